The highest BCUT2D eigenvalue weighted by atomic mass is 16.4. The van der Waals surface area contributed by atoms with E-state index < -0.39 is 5.97 Å². The van der Waals surface area contributed by atoms with Crippen molar-refractivity contribution in [2.75, 3.05) is 0 Å². The van der Waals surface area contributed by atoms with Gasteiger partial charge in [-0.3, -0.25) is 4.79 Å². The lowest BCUT2D eigenvalue weighted by molar-refractivity contribution is -0.136. The van der Waals surface area contributed by atoms with Crippen LogP contribution < -0.4 is 0 Å². The molecule has 78 valence electrons. The predicted molar refractivity (Wildman–Crippen MR) is 56.7 cm³/mol. The van der Waals surface area contributed by atoms with E-state index in [2.05, 4.69) is 0 Å². The molecular formula is C12H12O3. The van der Waals surface area contributed by atoms with Crippen LogP contribution in [0.1, 0.15) is 24.0 Å². The Bertz CT molecular complexity index is 432. The molecule has 0 atom stereocenters. The molecule has 1 aliphatic carbocycles. The zero-order chi connectivity index (χ0) is 10.8. The van der Waals surface area contributed by atoms with Gasteiger partial charge >= 0.3 is 5.97 Å². The van der Waals surface area contributed by atoms with Crippen LogP contribution in [0.2, 0.25) is 0 Å². The molecule has 0 spiro atoms. The maximum Gasteiger partial charge on any atom is 0.307 e. The van der Waals surface area contributed by atoms with E-state index in [0.717, 1.165) is 29.5 Å². The summed E-state index contributed by atoms with van der Waals surface area (Å²) in [4.78, 5) is 10.6. The van der Waals surface area contributed by atoms with Crippen molar-refractivity contribution in [3.05, 3.63) is 34.9 Å². The van der Waals surface area contributed by atoms with Gasteiger partial charge in [-0.2, -0.15) is 0 Å². The number of hydrogen-bond acceptors (Lipinski definition) is 2. The van der Waals surface area contributed by atoms with Crippen molar-refractivity contribution in [3.8, 4) is 5.75 Å². The molecule has 0 unspecified atom stereocenters. The number of aryl methyl sites for hydroxylation is 1. The van der Waals surface area contributed by atoms with Crippen molar-refractivity contribution >= 4 is 12.0 Å². The zero-order valence-electron chi connectivity index (χ0n) is 8.23. The monoisotopic (exact) mass is 204 g/mol. The molecule has 0 heterocycles. The van der Waals surface area contributed by atoms with E-state index >= 15 is 0 Å². The highest BCUT2D eigenvalue weighted by Crippen LogP contribution is 2.28. The van der Waals surface area contributed by atoms with Gasteiger partial charge in [-0.25, -0.2) is 0 Å². The molecular weight excluding hydrogens is 192 g/mol. The first-order chi connectivity index (χ1) is 7.15. The first-order valence-electron chi connectivity index (χ1n) is 4.88. The number of rotatable bonds is 2. The summed E-state index contributed by atoms with van der Waals surface area (Å²) in [6, 6.07) is 5.19. The Kier molecular flexibility index (Phi) is 2.46. The van der Waals surface area contributed by atoms with Crippen LogP contribution in [0, 0.1) is 0 Å². The Morgan fingerprint density at radius 3 is 2.87 bits per heavy atom. The number of hydrogen-bond donors (Lipinski definition) is 2. The number of fused-ring (bicyclic) bond motifs is 1. The fraction of sp³-hybridized carbons (Fsp3) is 0.250. The molecule has 1 aromatic carbocycles. The van der Waals surface area contributed by atoms with Crippen LogP contribution in [0.25, 0.3) is 6.08 Å². The van der Waals surface area contributed by atoms with Crippen LogP contribution in [0.3, 0.4) is 0 Å². The highest BCUT2D eigenvalue weighted by Gasteiger charge is 2.12. The van der Waals surface area contributed by atoms with E-state index in [1.54, 1.807) is 12.1 Å². The number of carbonyl (C=O) groups is 1. The third kappa shape index (κ3) is 2.18. The van der Waals surface area contributed by atoms with Gasteiger partial charge in [-0.15, -0.1) is 0 Å². The van der Waals surface area contributed by atoms with E-state index in [1.807, 2.05) is 12.1 Å². The summed E-state index contributed by atoms with van der Waals surface area (Å²) < 4.78 is 0. The number of aliphatic carboxylic acids is 1. The molecule has 0 aromatic heterocycles. The molecule has 2 rings (SSSR count). The lowest BCUT2D eigenvalue weighted by atomic mass is 9.91. The van der Waals surface area contributed by atoms with Crippen LogP contribution in [0.4, 0.5) is 0 Å². The Morgan fingerprint density at radius 2 is 2.13 bits per heavy atom. The number of carboxylic acid groups (broad SMARTS) is 1. The molecule has 0 amide bonds. The first-order valence-corrected chi connectivity index (χ1v) is 4.88. The van der Waals surface area contributed by atoms with Gasteiger partial charge in [-0.05, 0) is 36.1 Å². The zero-order valence-corrected chi connectivity index (χ0v) is 8.23. The fourth-order valence-electron chi connectivity index (χ4n) is 1.87. The molecule has 0 bridgehead atoms. The summed E-state index contributed by atoms with van der Waals surface area (Å²) in [5.41, 5.74) is 3.06. The second-order valence-electron chi connectivity index (χ2n) is 3.76. The summed E-state index contributed by atoms with van der Waals surface area (Å²) in [5.74, 6) is -0.521. The molecule has 1 aromatic rings. The molecule has 0 fully saturated rings. The van der Waals surface area contributed by atoms with Gasteiger partial charge in [0.25, 0.3) is 0 Å². The minimum Gasteiger partial charge on any atom is -0.508 e. The Hall–Kier alpha value is -1.77. The topological polar surface area (TPSA) is 57.5 Å². The molecule has 3 nitrogen and oxygen atoms in total. The Balaban J connectivity index is 2.29. The van der Waals surface area contributed by atoms with Crippen LogP contribution in [-0.2, 0) is 11.2 Å². The van der Waals surface area contributed by atoms with Crippen molar-refractivity contribution < 1.29 is 15.0 Å². The van der Waals surface area contributed by atoms with E-state index in [-0.39, 0.29) is 12.2 Å². The Morgan fingerprint density at radius 1 is 1.33 bits per heavy atom. The van der Waals surface area contributed by atoms with Crippen molar-refractivity contribution in [3.63, 3.8) is 0 Å². The molecule has 15 heavy (non-hydrogen) atoms. The van der Waals surface area contributed by atoms with Crippen LogP contribution >= 0.6 is 0 Å². The third-order valence-corrected chi connectivity index (χ3v) is 2.58. The summed E-state index contributed by atoms with van der Waals surface area (Å²) in [7, 11) is 0. The smallest absolute Gasteiger partial charge is 0.307 e. The minimum absolute atomic E-state index is 0.111. The van der Waals surface area contributed by atoms with E-state index in [0.29, 0.717) is 0 Å². The number of phenolic OH excluding ortho intramolecular Hbond substituents is 1. The van der Waals surface area contributed by atoms with Crippen molar-refractivity contribution in [2.45, 2.75) is 19.3 Å². The maximum atomic E-state index is 10.6. The number of aromatic hydroxyl groups is 1. The molecule has 0 aliphatic heterocycles. The lowest BCUT2D eigenvalue weighted by Crippen LogP contribution is -2.03. The standard InChI is InChI=1S/C12H12O3/c13-11-4-3-9-5-8(6-12(14)15)1-2-10(9)7-11/h3-5,7,13H,1-2,6H2,(H,14,15). The maximum absolute atomic E-state index is 10.6. The van der Waals surface area contributed by atoms with Gasteiger partial charge in [-0.1, -0.05) is 17.7 Å². The van der Waals surface area contributed by atoms with Crippen LogP contribution in [0.5, 0.6) is 5.75 Å². The summed E-state index contributed by atoms with van der Waals surface area (Å²) >= 11 is 0. The van der Waals surface area contributed by atoms with Gasteiger partial charge in [0.15, 0.2) is 0 Å². The van der Waals surface area contributed by atoms with Crippen molar-refractivity contribution in [1.82, 2.24) is 0 Å². The predicted octanol–water partition coefficient (Wildman–Crippen LogP) is 2.20. The average molecular weight is 204 g/mol. The van der Waals surface area contributed by atoms with Gasteiger partial charge in [0.1, 0.15) is 5.75 Å². The number of phenols is 1. The van der Waals surface area contributed by atoms with Crippen LogP contribution in [0.15, 0.2) is 23.8 Å². The van der Waals surface area contributed by atoms with Gasteiger partial charge < -0.3 is 10.2 Å². The second kappa shape index (κ2) is 3.77. The Labute approximate surface area is 87.7 Å². The number of benzene rings is 1. The van der Waals surface area contributed by atoms with Crippen molar-refractivity contribution in [1.29, 1.82) is 0 Å². The average Bonchev–Trinajstić information content (AvgIpc) is 2.17. The lowest BCUT2D eigenvalue weighted by Gasteiger charge is -2.15. The minimum atomic E-state index is -0.788. The molecule has 3 heteroatoms. The van der Waals surface area contributed by atoms with Gasteiger partial charge in [0.05, 0.1) is 6.42 Å². The van der Waals surface area contributed by atoms with Gasteiger partial charge in [0.2, 0.25) is 0 Å². The summed E-state index contributed by atoms with van der Waals surface area (Å²) in [6.45, 7) is 0. The van der Waals surface area contributed by atoms with E-state index in [1.165, 1.54) is 0 Å². The van der Waals surface area contributed by atoms with Crippen LogP contribution in [-0.4, -0.2) is 16.2 Å². The fourth-order valence-corrected chi connectivity index (χ4v) is 1.87. The molecule has 0 saturated heterocycles. The van der Waals surface area contributed by atoms with Crippen molar-refractivity contribution in [2.24, 2.45) is 0 Å². The molecule has 0 radical (unpaired) electrons. The molecule has 0 saturated carbocycles. The third-order valence-electron chi connectivity index (χ3n) is 2.58. The van der Waals surface area contributed by atoms with Gasteiger partial charge in [0, 0.05) is 0 Å². The largest absolute Gasteiger partial charge is 0.508 e. The summed E-state index contributed by atoms with van der Waals surface area (Å²) in [6.07, 6.45) is 3.60. The van der Waals surface area contributed by atoms with E-state index in [9.17, 15) is 9.90 Å². The number of carboxylic acids is 1. The molecule has 1 aliphatic rings. The highest BCUT2D eigenvalue weighted by molar-refractivity contribution is 5.74. The van der Waals surface area contributed by atoms with E-state index in [4.69, 9.17) is 5.11 Å². The second-order valence-corrected chi connectivity index (χ2v) is 3.76. The quantitative estimate of drug-likeness (QED) is 0.776. The normalized spacial score (nSPS) is 14.3. The summed E-state index contributed by atoms with van der Waals surface area (Å²) in [5, 5.41) is 18.0. The molecule has 2 N–H and O–H groups in total. The SMILES string of the molecule is O=C(O)CC1=Cc2ccc(O)cc2CC1. The first kappa shape index (κ1) is 9.77.